The van der Waals surface area contributed by atoms with Crippen LogP contribution in [0.3, 0.4) is 0 Å². The minimum Gasteiger partial charge on any atom is -1.00 e. The van der Waals surface area contributed by atoms with Crippen LogP contribution in [0.5, 0.6) is 0 Å². The van der Waals surface area contributed by atoms with Crippen molar-refractivity contribution >= 4 is 23.2 Å². The molecule has 0 aliphatic rings. The summed E-state index contributed by atoms with van der Waals surface area (Å²) in [7, 11) is -1.65. The molecule has 0 radical (unpaired) electrons. The largest absolute Gasteiger partial charge is 1.00 e. The second-order valence-electron chi connectivity index (χ2n) is 8.09. The molecule has 1 N–H and O–H groups in total. The lowest BCUT2D eigenvalue weighted by Gasteiger charge is -2.27. The second kappa shape index (κ2) is 14.6. The minimum atomic E-state index is -1.65. The first-order valence-corrected chi connectivity index (χ1v) is 13.5. The Morgan fingerprint density at radius 2 is 0.774 bits per heavy atom. The van der Waals surface area contributed by atoms with Gasteiger partial charge in [-0.25, -0.2) is 0 Å². The molecule has 0 saturated carbocycles. The fourth-order valence-electron chi connectivity index (χ4n) is 4.40. The number of unbranched alkanes of at least 4 members (excludes halogenated alkanes) is 7. The summed E-state index contributed by atoms with van der Waals surface area (Å²) in [5, 5.41) is 13.4. The first-order valence-electron chi connectivity index (χ1n) is 11.5. The van der Waals surface area contributed by atoms with Crippen molar-refractivity contribution in [3.05, 3.63) is 91.0 Å². The monoisotopic (exact) mass is 498 g/mol. The smallest absolute Gasteiger partial charge is 0.112 e. The normalized spacial score (nSPS) is 11.1. The zero-order chi connectivity index (χ0) is 20.9. The molecule has 3 aromatic rings. The molecule has 1 nitrogen and oxygen atoms in total. The van der Waals surface area contributed by atoms with Crippen LogP contribution in [0.25, 0.3) is 0 Å². The Bertz CT molecular complexity index is 727. The Morgan fingerprint density at radius 1 is 0.452 bits per heavy atom. The van der Waals surface area contributed by atoms with Gasteiger partial charge in [-0.05, 0) is 55.7 Å². The fraction of sp³-hybridized carbons (Fsp3) is 0.357. The van der Waals surface area contributed by atoms with Crippen molar-refractivity contribution in [2.24, 2.45) is 0 Å². The van der Waals surface area contributed by atoms with E-state index in [1.54, 1.807) is 0 Å². The van der Waals surface area contributed by atoms with E-state index in [0.717, 1.165) is 6.42 Å². The topological polar surface area (TPSA) is 20.2 Å². The maximum Gasteiger partial charge on any atom is 0.112 e. The lowest BCUT2D eigenvalue weighted by Crippen LogP contribution is -3.00. The first kappa shape index (κ1) is 25.8. The summed E-state index contributed by atoms with van der Waals surface area (Å²) >= 11 is 0. The molecule has 0 spiro atoms. The average molecular weight is 499 g/mol. The molecule has 0 aromatic heterocycles. The zero-order valence-electron chi connectivity index (χ0n) is 18.5. The number of hydrogen-bond acceptors (Lipinski definition) is 1. The Morgan fingerprint density at radius 3 is 1.13 bits per heavy atom. The van der Waals surface area contributed by atoms with Crippen LogP contribution in [-0.4, -0.2) is 17.9 Å². The fourth-order valence-corrected chi connectivity index (χ4v) is 8.81. The molecule has 0 bridgehead atoms. The standard InChI is InChI=1S/C28H36OP.BrH/c29-24-16-5-3-1-2-4-6-17-25-30(26-18-10-7-11-19-26,27-20-12-8-13-21-27)28-22-14-9-15-23-28;/h7-15,18-23,29H,1-6,16-17,24-25H2;1H/q+1;/p-1. The highest BCUT2D eigenvalue weighted by Gasteiger charge is 2.44. The summed E-state index contributed by atoms with van der Waals surface area (Å²) in [5.41, 5.74) is 0. The number of halogens is 1. The van der Waals surface area contributed by atoms with Gasteiger partial charge in [-0.3, -0.25) is 0 Å². The third-order valence-corrected chi connectivity index (χ3v) is 10.5. The zero-order valence-corrected chi connectivity index (χ0v) is 21.0. The maximum absolute atomic E-state index is 8.90. The SMILES string of the molecule is OCCCCCCCCCC[P+](c1ccccc1)(c1ccccc1)c1ccccc1.[Br-]. The van der Waals surface area contributed by atoms with Crippen LogP contribution in [0.2, 0.25) is 0 Å². The number of aliphatic hydroxyl groups excluding tert-OH is 1. The lowest BCUT2D eigenvalue weighted by atomic mass is 10.1. The third kappa shape index (κ3) is 7.28. The van der Waals surface area contributed by atoms with Gasteiger partial charge >= 0.3 is 0 Å². The van der Waals surface area contributed by atoms with Crippen molar-refractivity contribution in [2.75, 3.05) is 12.8 Å². The van der Waals surface area contributed by atoms with Gasteiger partial charge in [-0.1, -0.05) is 86.7 Å². The number of hydrogen-bond donors (Lipinski definition) is 1. The summed E-state index contributed by atoms with van der Waals surface area (Å²) < 4.78 is 0. The lowest BCUT2D eigenvalue weighted by molar-refractivity contribution is -0.00000713. The summed E-state index contributed by atoms with van der Waals surface area (Å²) in [6.45, 7) is 0.338. The van der Waals surface area contributed by atoms with Crippen molar-refractivity contribution in [1.82, 2.24) is 0 Å². The van der Waals surface area contributed by atoms with Crippen LogP contribution in [0.15, 0.2) is 91.0 Å². The predicted molar refractivity (Wildman–Crippen MR) is 134 cm³/mol. The quantitative estimate of drug-likeness (QED) is 0.283. The van der Waals surface area contributed by atoms with E-state index in [-0.39, 0.29) is 17.0 Å². The summed E-state index contributed by atoms with van der Waals surface area (Å²) in [6.07, 6.45) is 11.1. The Kier molecular flexibility index (Phi) is 12.1. The van der Waals surface area contributed by atoms with Gasteiger partial charge in [0.25, 0.3) is 0 Å². The number of rotatable bonds is 13. The van der Waals surface area contributed by atoms with Crippen LogP contribution >= 0.6 is 7.26 Å². The molecule has 0 saturated heterocycles. The summed E-state index contributed by atoms with van der Waals surface area (Å²) in [6, 6.07) is 33.6. The van der Waals surface area contributed by atoms with E-state index >= 15 is 0 Å². The highest BCUT2D eigenvalue weighted by molar-refractivity contribution is 7.95. The van der Waals surface area contributed by atoms with E-state index in [0.29, 0.717) is 6.61 Å². The van der Waals surface area contributed by atoms with Crippen molar-refractivity contribution in [1.29, 1.82) is 0 Å². The molecule has 3 rings (SSSR count). The van der Waals surface area contributed by atoms with Gasteiger partial charge in [0, 0.05) is 6.61 Å². The van der Waals surface area contributed by atoms with E-state index < -0.39 is 7.26 Å². The van der Waals surface area contributed by atoms with Crippen LogP contribution in [0, 0.1) is 0 Å². The molecule has 31 heavy (non-hydrogen) atoms. The van der Waals surface area contributed by atoms with E-state index in [2.05, 4.69) is 91.0 Å². The molecular weight excluding hydrogens is 463 g/mol. The van der Waals surface area contributed by atoms with E-state index in [1.165, 1.54) is 67.0 Å². The highest BCUT2D eigenvalue weighted by atomic mass is 79.9. The van der Waals surface area contributed by atoms with Crippen molar-refractivity contribution in [2.45, 2.75) is 51.4 Å². The highest BCUT2D eigenvalue weighted by Crippen LogP contribution is 2.55. The van der Waals surface area contributed by atoms with Gasteiger partial charge in [0.2, 0.25) is 0 Å². The Labute approximate surface area is 200 Å². The molecule has 3 heteroatoms. The van der Waals surface area contributed by atoms with Crippen molar-refractivity contribution < 1.29 is 22.1 Å². The minimum absolute atomic E-state index is 0. The molecule has 0 heterocycles. The molecule has 0 fully saturated rings. The number of benzene rings is 3. The van der Waals surface area contributed by atoms with Gasteiger partial charge in [-0.2, -0.15) is 0 Å². The van der Waals surface area contributed by atoms with E-state index in [4.69, 9.17) is 5.11 Å². The third-order valence-electron chi connectivity index (χ3n) is 5.99. The molecule has 0 atom stereocenters. The van der Waals surface area contributed by atoms with Gasteiger partial charge in [-0.15, -0.1) is 0 Å². The van der Waals surface area contributed by atoms with Crippen LogP contribution < -0.4 is 32.9 Å². The molecule has 3 aromatic carbocycles. The Balaban J connectivity index is 0.00000341. The van der Waals surface area contributed by atoms with Gasteiger partial charge in [0.15, 0.2) is 0 Å². The van der Waals surface area contributed by atoms with Gasteiger partial charge in [0.1, 0.15) is 23.2 Å². The van der Waals surface area contributed by atoms with Crippen molar-refractivity contribution in [3.8, 4) is 0 Å². The van der Waals surface area contributed by atoms with Crippen LogP contribution in [0.1, 0.15) is 51.4 Å². The molecule has 166 valence electrons. The summed E-state index contributed by atoms with van der Waals surface area (Å²) in [4.78, 5) is 0. The van der Waals surface area contributed by atoms with E-state index in [1.807, 2.05) is 0 Å². The predicted octanol–water partition coefficient (Wildman–Crippen LogP) is 3.10. The molecule has 0 unspecified atom stereocenters. The molecular formula is C28H36BrOP. The second-order valence-corrected chi connectivity index (χ2v) is 11.7. The molecule has 0 aliphatic heterocycles. The first-order chi connectivity index (χ1) is 14.9. The molecule has 0 amide bonds. The number of aliphatic hydroxyl groups is 1. The summed E-state index contributed by atoms with van der Waals surface area (Å²) in [5.74, 6) is 0. The van der Waals surface area contributed by atoms with E-state index in [9.17, 15) is 0 Å². The van der Waals surface area contributed by atoms with Crippen LogP contribution in [-0.2, 0) is 0 Å². The van der Waals surface area contributed by atoms with Gasteiger partial charge in [0.05, 0.1) is 6.16 Å². The molecule has 0 aliphatic carbocycles. The van der Waals surface area contributed by atoms with Crippen molar-refractivity contribution in [3.63, 3.8) is 0 Å². The Hall–Kier alpha value is -1.47. The average Bonchev–Trinajstić information content (AvgIpc) is 2.82. The maximum atomic E-state index is 8.90. The van der Waals surface area contributed by atoms with Crippen LogP contribution in [0.4, 0.5) is 0 Å². The van der Waals surface area contributed by atoms with Gasteiger partial charge < -0.3 is 22.1 Å².